The van der Waals surface area contributed by atoms with Gasteiger partial charge in [0.25, 0.3) is 5.91 Å². The third-order valence-corrected chi connectivity index (χ3v) is 3.81. The SMILES string of the molecule is Cc1ccc(C(=O)N2CCC(C(C)C)C2)c(F)c1. The van der Waals surface area contributed by atoms with E-state index >= 15 is 0 Å². The Labute approximate surface area is 108 Å². The highest BCUT2D eigenvalue weighted by Gasteiger charge is 2.29. The van der Waals surface area contributed by atoms with Crippen molar-refractivity contribution in [2.24, 2.45) is 11.8 Å². The monoisotopic (exact) mass is 249 g/mol. The van der Waals surface area contributed by atoms with E-state index in [2.05, 4.69) is 13.8 Å². The fraction of sp³-hybridized carbons (Fsp3) is 0.533. The Hall–Kier alpha value is -1.38. The molecule has 1 atom stereocenters. The maximum atomic E-state index is 13.8. The highest BCUT2D eigenvalue weighted by Crippen LogP contribution is 2.25. The van der Waals surface area contributed by atoms with Crippen molar-refractivity contribution in [2.75, 3.05) is 13.1 Å². The zero-order valence-corrected chi connectivity index (χ0v) is 11.2. The number of carbonyl (C=O) groups is 1. The zero-order chi connectivity index (χ0) is 13.3. The summed E-state index contributed by atoms with van der Waals surface area (Å²) in [6.45, 7) is 7.66. The van der Waals surface area contributed by atoms with Gasteiger partial charge in [0.1, 0.15) is 5.82 Å². The number of rotatable bonds is 2. The zero-order valence-electron chi connectivity index (χ0n) is 11.2. The number of hydrogen-bond acceptors (Lipinski definition) is 1. The summed E-state index contributed by atoms with van der Waals surface area (Å²) in [6.07, 6.45) is 1.02. The first-order valence-electron chi connectivity index (χ1n) is 6.54. The van der Waals surface area contributed by atoms with E-state index in [9.17, 15) is 9.18 Å². The summed E-state index contributed by atoms with van der Waals surface area (Å²) in [5.41, 5.74) is 1.04. The Morgan fingerprint density at radius 1 is 1.44 bits per heavy atom. The molecular formula is C15H20FNO. The van der Waals surface area contributed by atoms with E-state index in [-0.39, 0.29) is 11.5 Å². The molecule has 0 radical (unpaired) electrons. The summed E-state index contributed by atoms with van der Waals surface area (Å²) >= 11 is 0. The lowest BCUT2D eigenvalue weighted by molar-refractivity contribution is 0.0779. The van der Waals surface area contributed by atoms with Gasteiger partial charge in [-0.05, 0) is 42.9 Å². The summed E-state index contributed by atoms with van der Waals surface area (Å²) in [5.74, 6) is 0.539. The van der Waals surface area contributed by atoms with Crippen LogP contribution in [0.25, 0.3) is 0 Å². The maximum Gasteiger partial charge on any atom is 0.256 e. The van der Waals surface area contributed by atoms with Crippen LogP contribution in [0.15, 0.2) is 18.2 Å². The molecule has 3 heteroatoms. The predicted octanol–water partition coefficient (Wildman–Crippen LogP) is 3.25. The smallest absolute Gasteiger partial charge is 0.256 e. The van der Waals surface area contributed by atoms with Crippen molar-refractivity contribution < 1.29 is 9.18 Å². The Morgan fingerprint density at radius 3 is 2.72 bits per heavy atom. The van der Waals surface area contributed by atoms with Gasteiger partial charge in [-0.3, -0.25) is 4.79 Å². The number of carbonyl (C=O) groups excluding carboxylic acids is 1. The minimum absolute atomic E-state index is 0.171. The fourth-order valence-corrected chi connectivity index (χ4v) is 2.48. The number of benzene rings is 1. The molecule has 1 aromatic carbocycles. The van der Waals surface area contributed by atoms with Crippen LogP contribution < -0.4 is 0 Å². The first-order chi connectivity index (χ1) is 8.49. The first-order valence-corrected chi connectivity index (χ1v) is 6.54. The Balaban J connectivity index is 2.13. The van der Waals surface area contributed by atoms with Crippen molar-refractivity contribution in [3.63, 3.8) is 0 Å². The summed E-state index contributed by atoms with van der Waals surface area (Å²) < 4.78 is 13.8. The van der Waals surface area contributed by atoms with Crippen LogP contribution in [0.3, 0.4) is 0 Å². The van der Waals surface area contributed by atoms with Crippen LogP contribution >= 0.6 is 0 Å². The lowest BCUT2D eigenvalue weighted by Gasteiger charge is -2.18. The molecule has 1 heterocycles. The molecule has 0 bridgehead atoms. The van der Waals surface area contributed by atoms with Crippen LogP contribution in [0, 0.1) is 24.6 Å². The molecule has 1 fully saturated rings. The van der Waals surface area contributed by atoms with Gasteiger partial charge in [-0.2, -0.15) is 0 Å². The number of hydrogen-bond donors (Lipinski definition) is 0. The van der Waals surface area contributed by atoms with Gasteiger partial charge in [0.2, 0.25) is 0 Å². The van der Waals surface area contributed by atoms with Gasteiger partial charge in [-0.1, -0.05) is 19.9 Å². The van der Waals surface area contributed by atoms with E-state index in [0.717, 1.165) is 25.1 Å². The van der Waals surface area contributed by atoms with Crippen molar-refractivity contribution in [3.05, 3.63) is 35.1 Å². The van der Waals surface area contributed by atoms with Gasteiger partial charge in [-0.25, -0.2) is 4.39 Å². The first kappa shape index (κ1) is 13.1. The van der Waals surface area contributed by atoms with Gasteiger partial charge >= 0.3 is 0 Å². The van der Waals surface area contributed by atoms with Gasteiger partial charge in [0.15, 0.2) is 0 Å². The van der Waals surface area contributed by atoms with E-state index in [0.29, 0.717) is 11.8 Å². The molecule has 18 heavy (non-hydrogen) atoms. The van der Waals surface area contributed by atoms with E-state index in [4.69, 9.17) is 0 Å². The van der Waals surface area contributed by atoms with E-state index in [1.807, 2.05) is 6.92 Å². The van der Waals surface area contributed by atoms with Crippen LogP contribution in [-0.4, -0.2) is 23.9 Å². The molecule has 0 aromatic heterocycles. The Bertz CT molecular complexity index is 456. The molecule has 1 saturated heterocycles. The van der Waals surface area contributed by atoms with E-state index < -0.39 is 5.82 Å². The molecule has 1 unspecified atom stereocenters. The van der Waals surface area contributed by atoms with Gasteiger partial charge in [0, 0.05) is 13.1 Å². The third kappa shape index (κ3) is 2.55. The van der Waals surface area contributed by atoms with E-state index in [1.165, 1.54) is 6.07 Å². The topological polar surface area (TPSA) is 20.3 Å². The highest BCUT2D eigenvalue weighted by atomic mass is 19.1. The van der Waals surface area contributed by atoms with Crippen molar-refractivity contribution >= 4 is 5.91 Å². The van der Waals surface area contributed by atoms with Gasteiger partial charge < -0.3 is 4.90 Å². The molecule has 0 N–H and O–H groups in total. The summed E-state index contributed by atoms with van der Waals surface area (Å²) in [5, 5.41) is 0. The Kier molecular flexibility index (Phi) is 3.69. The maximum absolute atomic E-state index is 13.8. The molecule has 1 aliphatic heterocycles. The lowest BCUT2D eigenvalue weighted by Crippen LogP contribution is -2.30. The van der Waals surface area contributed by atoms with Crippen molar-refractivity contribution in [1.29, 1.82) is 0 Å². The second-order valence-electron chi connectivity index (χ2n) is 5.53. The van der Waals surface area contributed by atoms with Crippen LogP contribution in [0.4, 0.5) is 4.39 Å². The molecule has 98 valence electrons. The quantitative estimate of drug-likeness (QED) is 0.788. The molecule has 2 nitrogen and oxygen atoms in total. The Morgan fingerprint density at radius 2 is 2.17 bits per heavy atom. The fourth-order valence-electron chi connectivity index (χ4n) is 2.48. The second-order valence-corrected chi connectivity index (χ2v) is 5.53. The molecular weight excluding hydrogens is 229 g/mol. The molecule has 0 aliphatic carbocycles. The molecule has 2 rings (SSSR count). The van der Waals surface area contributed by atoms with Gasteiger partial charge in [-0.15, -0.1) is 0 Å². The standard InChI is InChI=1S/C15H20FNO/c1-10(2)12-6-7-17(9-12)15(18)13-5-4-11(3)8-14(13)16/h4-5,8,10,12H,6-7,9H2,1-3H3. The van der Waals surface area contributed by atoms with Crippen molar-refractivity contribution in [2.45, 2.75) is 27.2 Å². The largest absolute Gasteiger partial charge is 0.338 e. The summed E-state index contributed by atoms with van der Waals surface area (Å²) in [4.78, 5) is 14.0. The normalized spacial score (nSPS) is 19.6. The van der Waals surface area contributed by atoms with Crippen molar-refractivity contribution in [3.8, 4) is 0 Å². The second kappa shape index (κ2) is 5.09. The average Bonchev–Trinajstić information content (AvgIpc) is 2.77. The number of halogens is 1. The minimum Gasteiger partial charge on any atom is -0.338 e. The van der Waals surface area contributed by atoms with Crippen LogP contribution in [0.2, 0.25) is 0 Å². The number of likely N-dealkylation sites (tertiary alicyclic amines) is 1. The van der Waals surface area contributed by atoms with Crippen molar-refractivity contribution in [1.82, 2.24) is 4.90 Å². The summed E-state index contributed by atoms with van der Waals surface area (Å²) in [7, 11) is 0. The number of aryl methyl sites for hydroxylation is 1. The van der Waals surface area contributed by atoms with Crippen LogP contribution in [-0.2, 0) is 0 Å². The van der Waals surface area contributed by atoms with E-state index in [1.54, 1.807) is 17.0 Å². The number of amides is 1. The summed E-state index contributed by atoms with van der Waals surface area (Å²) in [6, 6.07) is 4.80. The molecule has 1 aromatic rings. The molecule has 1 amide bonds. The van der Waals surface area contributed by atoms with Crippen LogP contribution in [0.5, 0.6) is 0 Å². The average molecular weight is 249 g/mol. The molecule has 0 saturated carbocycles. The van der Waals surface area contributed by atoms with Gasteiger partial charge in [0.05, 0.1) is 5.56 Å². The molecule has 1 aliphatic rings. The highest BCUT2D eigenvalue weighted by molar-refractivity contribution is 5.94. The predicted molar refractivity (Wildman–Crippen MR) is 70.0 cm³/mol. The van der Waals surface area contributed by atoms with Crippen LogP contribution in [0.1, 0.15) is 36.2 Å². The molecule has 0 spiro atoms. The minimum atomic E-state index is -0.409. The third-order valence-electron chi connectivity index (χ3n) is 3.81. The lowest BCUT2D eigenvalue weighted by atomic mass is 9.95. The number of nitrogens with zero attached hydrogens (tertiary/aromatic N) is 1.